The standard InChI is InChI=1S/C18H30ClNO/c1-4-15(5-2)11-17(14-20-9-10-21-3)12-16-7-6-8-18(19)13-16/h6-8,13,15,17,20H,4-5,9-12,14H2,1-3H3. The number of halogens is 1. The predicted molar refractivity (Wildman–Crippen MR) is 92.1 cm³/mol. The van der Waals surface area contributed by atoms with Gasteiger partial charge in [0.05, 0.1) is 6.61 Å². The van der Waals surface area contributed by atoms with Crippen LogP contribution in [0.15, 0.2) is 24.3 Å². The van der Waals surface area contributed by atoms with Crippen molar-refractivity contribution < 1.29 is 4.74 Å². The van der Waals surface area contributed by atoms with Crippen molar-refractivity contribution in [3.63, 3.8) is 0 Å². The average Bonchev–Trinajstić information content (AvgIpc) is 2.48. The molecule has 1 atom stereocenters. The first-order chi connectivity index (χ1) is 10.2. The van der Waals surface area contributed by atoms with Crippen molar-refractivity contribution >= 4 is 11.6 Å². The van der Waals surface area contributed by atoms with E-state index >= 15 is 0 Å². The van der Waals surface area contributed by atoms with Crippen molar-refractivity contribution in [1.29, 1.82) is 0 Å². The van der Waals surface area contributed by atoms with Crippen LogP contribution in [0.5, 0.6) is 0 Å². The third kappa shape index (κ3) is 7.85. The Hall–Kier alpha value is -0.570. The van der Waals surface area contributed by atoms with Gasteiger partial charge in [-0.2, -0.15) is 0 Å². The number of nitrogens with one attached hydrogen (secondary N) is 1. The maximum absolute atomic E-state index is 6.10. The minimum absolute atomic E-state index is 0.658. The zero-order valence-electron chi connectivity index (χ0n) is 13.7. The summed E-state index contributed by atoms with van der Waals surface area (Å²) in [4.78, 5) is 0. The van der Waals surface area contributed by atoms with E-state index in [4.69, 9.17) is 16.3 Å². The van der Waals surface area contributed by atoms with Crippen LogP contribution >= 0.6 is 11.6 Å². The molecular formula is C18H30ClNO. The van der Waals surface area contributed by atoms with Gasteiger partial charge in [-0.05, 0) is 48.9 Å². The number of ether oxygens (including phenoxy) is 1. The summed E-state index contributed by atoms with van der Waals surface area (Å²) < 4.78 is 5.10. The highest BCUT2D eigenvalue weighted by molar-refractivity contribution is 6.30. The largest absolute Gasteiger partial charge is 0.383 e. The molecule has 120 valence electrons. The predicted octanol–water partition coefficient (Wildman–Crippen LogP) is 4.56. The molecule has 0 aliphatic carbocycles. The Bertz CT molecular complexity index is 379. The third-order valence-electron chi connectivity index (χ3n) is 4.15. The van der Waals surface area contributed by atoms with E-state index in [-0.39, 0.29) is 0 Å². The van der Waals surface area contributed by atoms with E-state index in [2.05, 4.69) is 31.3 Å². The van der Waals surface area contributed by atoms with Crippen LogP contribution in [-0.2, 0) is 11.2 Å². The molecular weight excluding hydrogens is 282 g/mol. The van der Waals surface area contributed by atoms with Gasteiger partial charge in [-0.3, -0.25) is 0 Å². The monoisotopic (exact) mass is 311 g/mol. The van der Waals surface area contributed by atoms with Gasteiger partial charge in [0, 0.05) is 18.7 Å². The highest BCUT2D eigenvalue weighted by Crippen LogP contribution is 2.23. The van der Waals surface area contributed by atoms with E-state index < -0.39 is 0 Å². The lowest BCUT2D eigenvalue weighted by atomic mass is 9.86. The number of hydrogen-bond donors (Lipinski definition) is 1. The Labute approximate surface area is 135 Å². The second-order valence-electron chi connectivity index (χ2n) is 5.82. The Morgan fingerprint density at radius 1 is 1.19 bits per heavy atom. The van der Waals surface area contributed by atoms with Gasteiger partial charge in [-0.15, -0.1) is 0 Å². The van der Waals surface area contributed by atoms with Gasteiger partial charge >= 0.3 is 0 Å². The molecule has 1 unspecified atom stereocenters. The van der Waals surface area contributed by atoms with Gasteiger partial charge in [0.15, 0.2) is 0 Å². The molecule has 1 N–H and O–H groups in total. The smallest absolute Gasteiger partial charge is 0.0587 e. The molecule has 0 spiro atoms. The second kappa shape index (κ2) is 11.1. The summed E-state index contributed by atoms with van der Waals surface area (Å²) in [5, 5.41) is 4.35. The molecule has 1 aromatic carbocycles. The Kier molecular flexibility index (Phi) is 9.73. The fourth-order valence-electron chi connectivity index (χ4n) is 2.81. The first kappa shape index (κ1) is 18.5. The molecule has 0 saturated heterocycles. The summed E-state index contributed by atoms with van der Waals surface area (Å²) in [5.74, 6) is 1.48. The molecule has 0 heterocycles. The number of hydrogen-bond acceptors (Lipinski definition) is 2. The van der Waals surface area contributed by atoms with E-state index in [1.54, 1.807) is 7.11 Å². The maximum atomic E-state index is 6.10. The lowest BCUT2D eigenvalue weighted by Gasteiger charge is -2.22. The van der Waals surface area contributed by atoms with E-state index in [0.717, 1.165) is 37.1 Å². The maximum Gasteiger partial charge on any atom is 0.0587 e. The molecule has 2 nitrogen and oxygen atoms in total. The lowest BCUT2D eigenvalue weighted by molar-refractivity contribution is 0.196. The van der Waals surface area contributed by atoms with Crippen LogP contribution in [0.25, 0.3) is 0 Å². The molecule has 0 bridgehead atoms. The molecule has 0 saturated carbocycles. The van der Waals surface area contributed by atoms with Crippen LogP contribution in [-0.4, -0.2) is 26.8 Å². The van der Waals surface area contributed by atoms with Crippen LogP contribution in [0.3, 0.4) is 0 Å². The third-order valence-corrected chi connectivity index (χ3v) is 4.39. The molecule has 1 aromatic rings. The minimum atomic E-state index is 0.658. The van der Waals surface area contributed by atoms with Crippen molar-refractivity contribution in [2.75, 3.05) is 26.8 Å². The number of rotatable bonds is 11. The number of methoxy groups -OCH3 is 1. The summed E-state index contributed by atoms with van der Waals surface area (Å²) in [6.07, 6.45) is 4.90. The van der Waals surface area contributed by atoms with Crippen LogP contribution in [0.2, 0.25) is 5.02 Å². The summed E-state index contributed by atoms with van der Waals surface area (Å²) in [5.41, 5.74) is 1.34. The molecule has 0 fully saturated rings. The van der Waals surface area contributed by atoms with Crippen LogP contribution in [0.1, 0.15) is 38.7 Å². The first-order valence-corrected chi connectivity index (χ1v) is 8.51. The molecule has 1 rings (SSSR count). The topological polar surface area (TPSA) is 21.3 Å². The fourth-order valence-corrected chi connectivity index (χ4v) is 3.02. The van der Waals surface area contributed by atoms with Gasteiger partial charge in [-0.25, -0.2) is 0 Å². The van der Waals surface area contributed by atoms with E-state index in [1.807, 2.05) is 12.1 Å². The zero-order chi connectivity index (χ0) is 15.5. The summed E-state index contributed by atoms with van der Waals surface area (Å²) in [6.45, 7) is 7.33. The van der Waals surface area contributed by atoms with Crippen molar-refractivity contribution in [1.82, 2.24) is 5.32 Å². The zero-order valence-corrected chi connectivity index (χ0v) is 14.5. The summed E-state index contributed by atoms with van der Waals surface area (Å²) >= 11 is 6.10. The minimum Gasteiger partial charge on any atom is -0.383 e. The Balaban J connectivity index is 2.57. The lowest BCUT2D eigenvalue weighted by Crippen LogP contribution is -2.28. The van der Waals surface area contributed by atoms with E-state index in [0.29, 0.717) is 5.92 Å². The molecule has 0 aromatic heterocycles. The fraction of sp³-hybridized carbons (Fsp3) is 0.667. The highest BCUT2D eigenvalue weighted by Gasteiger charge is 2.15. The van der Waals surface area contributed by atoms with E-state index in [1.165, 1.54) is 24.8 Å². The SMILES string of the molecule is CCC(CC)CC(CNCCOC)Cc1cccc(Cl)c1. The first-order valence-electron chi connectivity index (χ1n) is 8.13. The summed E-state index contributed by atoms with van der Waals surface area (Å²) in [6, 6.07) is 8.26. The Morgan fingerprint density at radius 2 is 1.95 bits per heavy atom. The molecule has 3 heteroatoms. The van der Waals surface area contributed by atoms with Gasteiger partial charge < -0.3 is 10.1 Å². The Morgan fingerprint density at radius 3 is 2.57 bits per heavy atom. The highest BCUT2D eigenvalue weighted by atomic mass is 35.5. The normalized spacial score (nSPS) is 12.8. The molecule has 21 heavy (non-hydrogen) atoms. The second-order valence-corrected chi connectivity index (χ2v) is 6.25. The van der Waals surface area contributed by atoms with Crippen molar-refractivity contribution in [3.05, 3.63) is 34.9 Å². The van der Waals surface area contributed by atoms with Crippen molar-refractivity contribution in [2.45, 2.75) is 39.5 Å². The van der Waals surface area contributed by atoms with Gasteiger partial charge in [-0.1, -0.05) is 50.4 Å². The quantitative estimate of drug-likeness (QED) is 0.605. The van der Waals surface area contributed by atoms with Gasteiger partial charge in [0.25, 0.3) is 0 Å². The van der Waals surface area contributed by atoms with Crippen LogP contribution < -0.4 is 5.32 Å². The van der Waals surface area contributed by atoms with Crippen molar-refractivity contribution in [2.24, 2.45) is 11.8 Å². The van der Waals surface area contributed by atoms with E-state index in [9.17, 15) is 0 Å². The molecule has 0 amide bonds. The van der Waals surface area contributed by atoms with Crippen LogP contribution in [0, 0.1) is 11.8 Å². The van der Waals surface area contributed by atoms with Gasteiger partial charge in [0.2, 0.25) is 0 Å². The van der Waals surface area contributed by atoms with Crippen molar-refractivity contribution in [3.8, 4) is 0 Å². The molecule has 0 aliphatic rings. The average molecular weight is 312 g/mol. The van der Waals surface area contributed by atoms with Gasteiger partial charge in [0.1, 0.15) is 0 Å². The summed E-state index contributed by atoms with van der Waals surface area (Å²) in [7, 11) is 1.75. The number of benzene rings is 1. The molecule has 0 radical (unpaired) electrons. The van der Waals surface area contributed by atoms with Crippen LogP contribution in [0.4, 0.5) is 0 Å². The molecule has 0 aliphatic heterocycles.